The first-order valence-electron chi connectivity index (χ1n) is 6.52. The van der Waals surface area contributed by atoms with Crippen LogP contribution < -0.4 is 5.32 Å². The van der Waals surface area contributed by atoms with Crippen molar-refractivity contribution >= 4 is 11.5 Å². The van der Waals surface area contributed by atoms with Gasteiger partial charge in [0.15, 0.2) is 0 Å². The van der Waals surface area contributed by atoms with E-state index in [4.69, 9.17) is 0 Å². The van der Waals surface area contributed by atoms with Crippen molar-refractivity contribution < 1.29 is 4.92 Å². The van der Waals surface area contributed by atoms with E-state index in [0.29, 0.717) is 11.4 Å². The molecule has 1 saturated carbocycles. The highest BCUT2D eigenvalue weighted by Gasteiger charge is 2.19. The van der Waals surface area contributed by atoms with E-state index in [1.54, 1.807) is 19.2 Å². The van der Waals surface area contributed by atoms with Crippen molar-refractivity contribution in [2.45, 2.75) is 39.0 Å². The third-order valence-electron chi connectivity index (χ3n) is 3.63. The van der Waals surface area contributed by atoms with Crippen molar-refractivity contribution in [3.05, 3.63) is 27.9 Å². The summed E-state index contributed by atoms with van der Waals surface area (Å²) in [6, 6.07) is 1.67. The quantitative estimate of drug-likeness (QED) is 0.642. The predicted molar refractivity (Wildman–Crippen MR) is 70.7 cm³/mol. The molecule has 0 bridgehead atoms. The molecule has 0 aromatic carbocycles. The molecule has 0 radical (unpaired) electrons. The number of hydrogen-bond donors (Lipinski definition) is 1. The number of anilines is 1. The predicted octanol–water partition coefficient (Wildman–Crippen LogP) is 3.29. The van der Waals surface area contributed by atoms with Gasteiger partial charge in [0.1, 0.15) is 0 Å². The van der Waals surface area contributed by atoms with Gasteiger partial charge >= 0.3 is 5.69 Å². The molecule has 5 nitrogen and oxygen atoms in total. The molecule has 1 heterocycles. The molecular weight excluding hydrogens is 230 g/mol. The molecule has 1 aromatic rings. The molecule has 1 aromatic heterocycles. The Morgan fingerprint density at radius 2 is 2.22 bits per heavy atom. The lowest BCUT2D eigenvalue weighted by atomic mass is 10.0. The maximum atomic E-state index is 11.0. The van der Waals surface area contributed by atoms with Crippen LogP contribution in [0.3, 0.4) is 0 Å². The van der Waals surface area contributed by atoms with Crippen LogP contribution in [0.5, 0.6) is 0 Å². The average Bonchev–Trinajstić information content (AvgIpc) is 2.81. The summed E-state index contributed by atoms with van der Waals surface area (Å²) in [6.07, 6.45) is 7.93. The van der Waals surface area contributed by atoms with Crippen molar-refractivity contribution in [2.24, 2.45) is 5.92 Å². The Balaban J connectivity index is 1.96. The minimum Gasteiger partial charge on any atom is -0.364 e. The number of aromatic nitrogens is 1. The van der Waals surface area contributed by atoms with Gasteiger partial charge in [-0.3, -0.25) is 10.1 Å². The van der Waals surface area contributed by atoms with E-state index < -0.39 is 0 Å². The zero-order valence-electron chi connectivity index (χ0n) is 10.7. The van der Waals surface area contributed by atoms with Crippen LogP contribution in [0.25, 0.3) is 0 Å². The van der Waals surface area contributed by atoms with Gasteiger partial charge in [-0.2, -0.15) is 0 Å². The van der Waals surface area contributed by atoms with E-state index in [2.05, 4.69) is 10.3 Å². The molecule has 18 heavy (non-hydrogen) atoms. The molecule has 5 heteroatoms. The Morgan fingerprint density at radius 3 is 2.89 bits per heavy atom. The summed E-state index contributed by atoms with van der Waals surface area (Å²) in [5.74, 6) is 1.18. The molecule has 1 aliphatic rings. The van der Waals surface area contributed by atoms with Crippen LogP contribution in [0, 0.1) is 23.0 Å². The Morgan fingerprint density at radius 1 is 1.50 bits per heavy atom. The Labute approximate surface area is 107 Å². The van der Waals surface area contributed by atoms with Gasteiger partial charge in [-0.25, -0.2) is 4.98 Å². The first kappa shape index (κ1) is 12.8. The normalized spacial score (nSPS) is 15.8. The molecule has 0 unspecified atom stereocenters. The molecule has 0 spiro atoms. The van der Waals surface area contributed by atoms with Gasteiger partial charge in [-0.15, -0.1) is 0 Å². The molecule has 0 atom stereocenters. The van der Waals surface area contributed by atoms with Crippen molar-refractivity contribution in [3.63, 3.8) is 0 Å². The first-order chi connectivity index (χ1) is 8.68. The SMILES string of the molecule is Cc1ccnc(NCCC2CCCC2)c1[N+](=O)[O-]. The fourth-order valence-corrected chi connectivity index (χ4v) is 2.60. The number of rotatable bonds is 5. The largest absolute Gasteiger partial charge is 0.364 e. The number of pyridine rings is 1. The standard InChI is InChI=1S/C13H19N3O2/c1-10-6-8-14-13(12(10)16(17)18)15-9-7-11-4-2-3-5-11/h6,8,11H,2-5,7,9H2,1H3,(H,14,15). The van der Waals surface area contributed by atoms with Gasteiger partial charge in [0.25, 0.3) is 0 Å². The lowest BCUT2D eigenvalue weighted by molar-refractivity contribution is -0.384. The van der Waals surface area contributed by atoms with Crippen LogP contribution in [0.4, 0.5) is 11.5 Å². The van der Waals surface area contributed by atoms with E-state index >= 15 is 0 Å². The summed E-state index contributed by atoms with van der Waals surface area (Å²) < 4.78 is 0. The van der Waals surface area contributed by atoms with Crippen molar-refractivity contribution in [1.82, 2.24) is 4.98 Å². The summed E-state index contributed by atoms with van der Waals surface area (Å²) in [6.45, 7) is 2.50. The van der Waals surface area contributed by atoms with Gasteiger partial charge in [0, 0.05) is 18.3 Å². The second-order valence-corrected chi connectivity index (χ2v) is 4.95. The van der Waals surface area contributed by atoms with Crippen LogP contribution in [0.2, 0.25) is 0 Å². The fraction of sp³-hybridized carbons (Fsp3) is 0.615. The molecular formula is C13H19N3O2. The van der Waals surface area contributed by atoms with Crippen molar-refractivity contribution in [1.29, 1.82) is 0 Å². The number of aryl methyl sites for hydroxylation is 1. The molecule has 0 amide bonds. The minimum absolute atomic E-state index is 0.101. The van der Waals surface area contributed by atoms with Gasteiger partial charge in [-0.1, -0.05) is 25.7 Å². The Kier molecular flexibility index (Phi) is 4.12. The zero-order chi connectivity index (χ0) is 13.0. The van der Waals surface area contributed by atoms with Gasteiger partial charge in [0.05, 0.1) is 4.92 Å². The second-order valence-electron chi connectivity index (χ2n) is 4.95. The molecule has 1 N–H and O–H groups in total. The Hall–Kier alpha value is -1.65. The highest BCUT2D eigenvalue weighted by Crippen LogP contribution is 2.29. The summed E-state index contributed by atoms with van der Waals surface area (Å²) in [5.41, 5.74) is 0.752. The van der Waals surface area contributed by atoms with Crippen LogP contribution in [0.1, 0.15) is 37.7 Å². The highest BCUT2D eigenvalue weighted by molar-refractivity contribution is 5.59. The minimum atomic E-state index is -0.361. The van der Waals surface area contributed by atoms with Crippen molar-refractivity contribution in [3.8, 4) is 0 Å². The fourth-order valence-electron chi connectivity index (χ4n) is 2.60. The van der Waals surface area contributed by atoms with E-state index in [0.717, 1.165) is 18.9 Å². The summed E-state index contributed by atoms with van der Waals surface area (Å²) in [5, 5.41) is 14.1. The first-order valence-corrected chi connectivity index (χ1v) is 6.52. The van der Waals surface area contributed by atoms with Crippen LogP contribution >= 0.6 is 0 Å². The number of nitrogens with one attached hydrogen (secondary N) is 1. The third-order valence-corrected chi connectivity index (χ3v) is 3.63. The summed E-state index contributed by atoms with van der Waals surface area (Å²) in [4.78, 5) is 14.7. The Bertz CT molecular complexity index is 428. The van der Waals surface area contributed by atoms with Crippen LogP contribution in [-0.4, -0.2) is 16.5 Å². The maximum Gasteiger partial charge on any atom is 0.314 e. The zero-order valence-corrected chi connectivity index (χ0v) is 10.7. The van der Waals surface area contributed by atoms with E-state index in [9.17, 15) is 10.1 Å². The lowest BCUT2D eigenvalue weighted by Crippen LogP contribution is -2.10. The van der Waals surface area contributed by atoms with Gasteiger partial charge in [0.2, 0.25) is 5.82 Å². The second kappa shape index (κ2) is 5.80. The topological polar surface area (TPSA) is 68.1 Å². The average molecular weight is 249 g/mol. The van der Waals surface area contributed by atoms with E-state index in [1.165, 1.54) is 25.7 Å². The van der Waals surface area contributed by atoms with Crippen LogP contribution in [0.15, 0.2) is 12.3 Å². The lowest BCUT2D eigenvalue weighted by Gasteiger charge is -2.10. The van der Waals surface area contributed by atoms with Crippen molar-refractivity contribution in [2.75, 3.05) is 11.9 Å². The van der Waals surface area contributed by atoms with E-state index in [-0.39, 0.29) is 10.6 Å². The molecule has 0 aliphatic heterocycles. The number of nitro groups is 1. The number of hydrogen-bond acceptors (Lipinski definition) is 4. The molecule has 98 valence electrons. The monoisotopic (exact) mass is 249 g/mol. The smallest absolute Gasteiger partial charge is 0.314 e. The van der Waals surface area contributed by atoms with Crippen LogP contribution in [-0.2, 0) is 0 Å². The molecule has 1 aliphatic carbocycles. The van der Waals surface area contributed by atoms with E-state index in [1.807, 2.05) is 0 Å². The maximum absolute atomic E-state index is 11.0. The summed E-state index contributed by atoms with van der Waals surface area (Å²) in [7, 11) is 0. The summed E-state index contributed by atoms with van der Waals surface area (Å²) >= 11 is 0. The van der Waals surface area contributed by atoms with Gasteiger partial charge in [-0.05, 0) is 25.3 Å². The third kappa shape index (κ3) is 2.97. The van der Waals surface area contributed by atoms with Gasteiger partial charge < -0.3 is 5.32 Å². The highest BCUT2D eigenvalue weighted by atomic mass is 16.6. The molecule has 0 saturated heterocycles. The molecule has 2 rings (SSSR count). The number of nitrogens with zero attached hydrogens (tertiary/aromatic N) is 2. The molecule has 1 fully saturated rings.